The van der Waals surface area contributed by atoms with Crippen LogP contribution in [-0.4, -0.2) is 6.54 Å². The molecular formula is C18H28BrNS. The van der Waals surface area contributed by atoms with Gasteiger partial charge in [0.25, 0.3) is 0 Å². The van der Waals surface area contributed by atoms with Gasteiger partial charge >= 0.3 is 0 Å². The Morgan fingerprint density at radius 2 is 2.10 bits per heavy atom. The summed E-state index contributed by atoms with van der Waals surface area (Å²) in [6, 6.07) is 2.96. The first kappa shape index (κ1) is 16.0. The average molecular weight is 370 g/mol. The second-order valence-electron chi connectivity index (χ2n) is 7.56. The Kier molecular flexibility index (Phi) is 5.12. The molecule has 2 aliphatic rings. The van der Waals surface area contributed by atoms with Crippen LogP contribution < -0.4 is 5.32 Å². The minimum absolute atomic E-state index is 0.582. The van der Waals surface area contributed by atoms with E-state index >= 15 is 0 Å². The van der Waals surface area contributed by atoms with Crippen LogP contribution in [0.4, 0.5) is 0 Å². The lowest BCUT2D eigenvalue weighted by atomic mass is 9.78. The number of nitrogens with one attached hydrogen (secondary N) is 1. The third-order valence-corrected chi connectivity index (χ3v) is 7.03. The van der Waals surface area contributed by atoms with Crippen LogP contribution in [0, 0.1) is 11.3 Å². The molecule has 1 aromatic heterocycles. The van der Waals surface area contributed by atoms with Crippen molar-refractivity contribution in [2.24, 2.45) is 11.3 Å². The third-order valence-electron chi connectivity index (χ3n) is 5.31. The van der Waals surface area contributed by atoms with Crippen LogP contribution >= 0.6 is 27.3 Å². The third kappa shape index (κ3) is 3.73. The predicted molar refractivity (Wildman–Crippen MR) is 96.1 cm³/mol. The molecule has 1 saturated carbocycles. The molecule has 2 aliphatic carbocycles. The summed E-state index contributed by atoms with van der Waals surface area (Å²) in [4.78, 5) is 1.61. The van der Waals surface area contributed by atoms with E-state index in [4.69, 9.17) is 0 Å². The van der Waals surface area contributed by atoms with Gasteiger partial charge in [-0.25, -0.2) is 0 Å². The summed E-state index contributed by atoms with van der Waals surface area (Å²) in [7, 11) is 0. The number of thiophene rings is 1. The van der Waals surface area contributed by atoms with Gasteiger partial charge in [-0.1, -0.05) is 26.7 Å². The summed E-state index contributed by atoms with van der Waals surface area (Å²) in [6.07, 6.45) is 11.1. The molecule has 0 radical (unpaired) electrons. The van der Waals surface area contributed by atoms with E-state index in [2.05, 4.69) is 41.2 Å². The van der Waals surface area contributed by atoms with Gasteiger partial charge in [-0.05, 0) is 77.4 Å². The second-order valence-corrected chi connectivity index (χ2v) is 10.1. The lowest BCUT2D eigenvalue weighted by Gasteiger charge is -2.34. The summed E-state index contributed by atoms with van der Waals surface area (Å²) < 4.78 is 1.30. The average Bonchev–Trinajstić information content (AvgIpc) is 3.02. The summed E-state index contributed by atoms with van der Waals surface area (Å²) in [5.74, 6) is 0.821. The molecule has 0 spiro atoms. The largest absolute Gasteiger partial charge is 0.309 e. The molecular weight excluding hydrogens is 342 g/mol. The molecule has 0 aromatic carbocycles. The van der Waals surface area contributed by atoms with Crippen LogP contribution in [0.2, 0.25) is 0 Å². The molecule has 1 unspecified atom stereocenters. The van der Waals surface area contributed by atoms with Crippen LogP contribution in [0.5, 0.6) is 0 Å². The summed E-state index contributed by atoms with van der Waals surface area (Å²) in [5, 5.41) is 3.97. The molecule has 0 aliphatic heterocycles. The summed E-state index contributed by atoms with van der Waals surface area (Å²) in [5.41, 5.74) is 2.16. The minimum Gasteiger partial charge on any atom is -0.309 e. The van der Waals surface area contributed by atoms with E-state index in [0.29, 0.717) is 11.5 Å². The highest BCUT2D eigenvalue weighted by Crippen LogP contribution is 2.44. The van der Waals surface area contributed by atoms with Crippen LogP contribution in [0.1, 0.15) is 75.3 Å². The number of aryl methyl sites for hydroxylation is 1. The highest BCUT2D eigenvalue weighted by atomic mass is 79.9. The summed E-state index contributed by atoms with van der Waals surface area (Å²) in [6.45, 7) is 5.99. The topological polar surface area (TPSA) is 12.0 Å². The van der Waals surface area contributed by atoms with Crippen LogP contribution in [0.25, 0.3) is 0 Å². The van der Waals surface area contributed by atoms with Gasteiger partial charge in [-0.2, -0.15) is 0 Å². The SMILES string of the molecule is CC(C)CC1(CNC2CCCc3sc(Br)cc32)CCCC1. The fourth-order valence-electron chi connectivity index (χ4n) is 4.52. The Hall–Kier alpha value is 0.140. The van der Waals surface area contributed by atoms with Crippen LogP contribution in [0.3, 0.4) is 0 Å². The number of fused-ring (bicyclic) bond motifs is 1. The molecule has 1 nitrogen and oxygen atoms in total. The first-order chi connectivity index (χ1) is 10.1. The smallest absolute Gasteiger partial charge is 0.0704 e. The molecule has 3 rings (SSSR count). The fourth-order valence-corrected chi connectivity index (χ4v) is 6.34. The van der Waals surface area contributed by atoms with Crippen molar-refractivity contribution in [3.63, 3.8) is 0 Å². The monoisotopic (exact) mass is 369 g/mol. The van der Waals surface area contributed by atoms with Crippen molar-refractivity contribution in [3.8, 4) is 0 Å². The standard InChI is InChI=1S/C18H28BrNS/c1-13(2)11-18(8-3-4-9-18)12-20-15-6-5-7-16-14(15)10-17(19)21-16/h10,13,15,20H,3-9,11-12H2,1-2H3. The molecule has 0 bridgehead atoms. The Balaban J connectivity index is 1.67. The van der Waals surface area contributed by atoms with Gasteiger partial charge in [-0.15, -0.1) is 11.3 Å². The molecule has 0 saturated heterocycles. The lowest BCUT2D eigenvalue weighted by molar-refractivity contribution is 0.212. The van der Waals surface area contributed by atoms with Crippen molar-refractivity contribution in [2.75, 3.05) is 6.54 Å². The molecule has 1 fully saturated rings. The highest BCUT2D eigenvalue weighted by molar-refractivity contribution is 9.11. The molecule has 1 N–H and O–H groups in total. The van der Waals surface area contributed by atoms with Gasteiger partial charge in [-0.3, -0.25) is 0 Å². The van der Waals surface area contributed by atoms with Gasteiger partial charge < -0.3 is 5.32 Å². The maximum atomic E-state index is 3.97. The number of rotatable bonds is 5. The van der Waals surface area contributed by atoms with E-state index in [0.717, 1.165) is 5.92 Å². The van der Waals surface area contributed by atoms with Crippen molar-refractivity contribution in [1.82, 2.24) is 5.32 Å². The molecule has 1 aromatic rings. The van der Waals surface area contributed by atoms with Crippen molar-refractivity contribution < 1.29 is 0 Å². The quantitative estimate of drug-likeness (QED) is 0.662. The fraction of sp³-hybridized carbons (Fsp3) is 0.778. The first-order valence-electron chi connectivity index (χ1n) is 8.59. The van der Waals surface area contributed by atoms with E-state index in [-0.39, 0.29) is 0 Å². The lowest BCUT2D eigenvalue weighted by Crippen LogP contribution is -2.36. The Morgan fingerprint density at radius 1 is 1.33 bits per heavy atom. The van der Waals surface area contributed by atoms with Crippen molar-refractivity contribution in [1.29, 1.82) is 0 Å². The molecule has 3 heteroatoms. The Bertz CT molecular complexity index is 474. The number of halogens is 1. The normalized spacial score (nSPS) is 24.5. The van der Waals surface area contributed by atoms with Crippen molar-refractivity contribution in [3.05, 3.63) is 20.3 Å². The zero-order valence-electron chi connectivity index (χ0n) is 13.4. The Morgan fingerprint density at radius 3 is 2.81 bits per heavy atom. The molecule has 0 amide bonds. The first-order valence-corrected chi connectivity index (χ1v) is 10.2. The zero-order valence-corrected chi connectivity index (χ0v) is 15.8. The van der Waals surface area contributed by atoms with Gasteiger partial charge in [0.2, 0.25) is 0 Å². The van der Waals surface area contributed by atoms with Crippen LogP contribution in [0.15, 0.2) is 9.85 Å². The van der Waals surface area contributed by atoms with E-state index in [1.165, 1.54) is 61.7 Å². The Labute approximate surface area is 142 Å². The second kappa shape index (κ2) is 6.72. The summed E-state index contributed by atoms with van der Waals surface area (Å²) >= 11 is 5.61. The van der Waals surface area contributed by atoms with E-state index in [1.807, 2.05) is 11.3 Å². The number of hydrogen-bond acceptors (Lipinski definition) is 2. The van der Waals surface area contributed by atoms with Crippen LogP contribution in [-0.2, 0) is 6.42 Å². The van der Waals surface area contributed by atoms with Crippen molar-refractivity contribution >= 4 is 27.3 Å². The van der Waals surface area contributed by atoms with E-state index in [1.54, 1.807) is 10.4 Å². The van der Waals surface area contributed by atoms with Gasteiger partial charge in [0.15, 0.2) is 0 Å². The van der Waals surface area contributed by atoms with Crippen molar-refractivity contribution in [2.45, 2.75) is 71.3 Å². The molecule has 1 atom stereocenters. The molecule has 1 heterocycles. The van der Waals surface area contributed by atoms with Gasteiger partial charge in [0.05, 0.1) is 3.79 Å². The molecule has 118 valence electrons. The van der Waals surface area contributed by atoms with Gasteiger partial charge in [0, 0.05) is 17.5 Å². The zero-order chi connectivity index (χ0) is 14.9. The maximum absolute atomic E-state index is 3.97. The highest BCUT2D eigenvalue weighted by Gasteiger charge is 2.35. The van der Waals surface area contributed by atoms with Gasteiger partial charge in [0.1, 0.15) is 0 Å². The van der Waals surface area contributed by atoms with E-state index < -0.39 is 0 Å². The van der Waals surface area contributed by atoms with E-state index in [9.17, 15) is 0 Å². The minimum atomic E-state index is 0.582. The molecule has 21 heavy (non-hydrogen) atoms. The number of hydrogen-bond donors (Lipinski definition) is 1. The maximum Gasteiger partial charge on any atom is 0.0704 e. The predicted octanol–water partition coefficient (Wildman–Crippen LogP) is 6.08.